The number of anilines is 1. The van der Waals surface area contributed by atoms with Crippen LogP contribution >= 0.6 is 11.3 Å². The molecular weight excluding hydrogens is 272 g/mol. The van der Waals surface area contributed by atoms with Crippen LogP contribution < -0.4 is 15.5 Å². The van der Waals surface area contributed by atoms with Gasteiger partial charge in [-0.15, -0.1) is 11.3 Å². The Morgan fingerprint density at radius 1 is 1.40 bits per heavy atom. The molecule has 0 saturated carbocycles. The van der Waals surface area contributed by atoms with Crippen LogP contribution in [-0.2, 0) is 6.54 Å². The molecule has 2 aliphatic rings. The summed E-state index contributed by atoms with van der Waals surface area (Å²) in [5, 5.41) is 20.3. The Kier molecular flexibility index (Phi) is 4.55. The van der Waals surface area contributed by atoms with Crippen molar-refractivity contribution in [3.63, 3.8) is 0 Å². The third-order valence-electron chi connectivity index (χ3n) is 4.13. The minimum atomic E-state index is -0.591. The van der Waals surface area contributed by atoms with Gasteiger partial charge in [0.2, 0.25) is 0 Å². The molecule has 0 bridgehead atoms. The van der Waals surface area contributed by atoms with Gasteiger partial charge in [0.25, 0.3) is 0 Å². The lowest BCUT2D eigenvalue weighted by Gasteiger charge is -2.32. The molecule has 2 fully saturated rings. The monoisotopic (exact) mass is 296 g/mol. The van der Waals surface area contributed by atoms with Crippen molar-refractivity contribution < 1.29 is 5.11 Å². The van der Waals surface area contributed by atoms with E-state index in [2.05, 4.69) is 25.9 Å². The maximum Gasteiger partial charge on any atom is 0.185 e. The summed E-state index contributed by atoms with van der Waals surface area (Å²) in [4.78, 5) is 7.05. The Morgan fingerprint density at radius 3 is 3.00 bits per heavy atom. The fourth-order valence-corrected chi connectivity index (χ4v) is 3.84. The lowest BCUT2D eigenvalue weighted by atomic mass is 9.94. The Bertz CT molecular complexity index is 425. The first-order valence-corrected chi connectivity index (χ1v) is 8.46. The Morgan fingerprint density at radius 2 is 2.25 bits per heavy atom. The highest BCUT2D eigenvalue weighted by Crippen LogP contribution is 2.24. The number of hydrogen-bond donors (Lipinski definition) is 3. The molecule has 112 valence electrons. The predicted molar refractivity (Wildman–Crippen MR) is 82.3 cm³/mol. The van der Waals surface area contributed by atoms with Gasteiger partial charge >= 0.3 is 0 Å². The molecule has 5 nitrogen and oxygen atoms in total. The average Bonchev–Trinajstić information content (AvgIpc) is 3.09. The van der Waals surface area contributed by atoms with E-state index in [1.54, 1.807) is 11.3 Å². The van der Waals surface area contributed by atoms with Gasteiger partial charge in [-0.25, -0.2) is 4.98 Å². The topological polar surface area (TPSA) is 60.4 Å². The van der Waals surface area contributed by atoms with E-state index in [1.165, 1.54) is 12.8 Å². The molecule has 1 aromatic rings. The highest BCUT2D eigenvalue weighted by molar-refractivity contribution is 7.13. The van der Waals surface area contributed by atoms with Crippen LogP contribution in [0.3, 0.4) is 0 Å². The summed E-state index contributed by atoms with van der Waals surface area (Å²) in [6, 6.07) is 0. The van der Waals surface area contributed by atoms with Crippen molar-refractivity contribution in [3.8, 4) is 0 Å². The standard InChI is InChI=1S/C14H24N4OS/c19-14(4-3-5-15-10-14)11-16-8-12-9-20-13(17-12)18-6-1-2-7-18/h9,15-16,19H,1-8,10-11H2. The number of thiazole rings is 1. The van der Waals surface area contributed by atoms with E-state index in [0.29, 0.717) is 13.1 Å². The van der Waals surface area contributed by atoms with Crippen molar-refractivity contribution in [2.45, 2.75) is 37.8 Å². The van der Waals surface area contributed by atoms with Gasteiger partial charge in [0.1, 0.15) is 0 Å². The fourth-order valence-electron chi connectivity index (χ4n) is 2.96. The van der Waals surface area contributed by atoms with E-state index in [-0.39, 0.29) is 0 Å². The van der Waals surface area contributed by atoms with Gasteiger partial charge in [-0.05, 0) is 32.2 Å². The Labute approximate surface area is 124 Å². The third kappa shape index (κ3) is 3.49. The summed E-state index contributed by atoms with van der Waals surface area (Å²) in [5.74, 6) is 0. The summed E-state index contributed by atoms with van der Waals surface area (Å²) in [6.07, 6.45) is 4.50. The zero-order valence-corrected chi connectivity index (χ0v) is 12.7. The molecule has 1 atom stereocenters. The van der Waals surface area contributed by atoms with Crippen LogP contribution in [-0.4, -0.2) is 48.4 Å². The van der Waals surface area contributed by atoms with Crippen molar-refractivity contribution in [2.24, 2.45) is 0 Å². The number of rotatable bonds is 5. The number of piperidine rings is 1. The third-order valence-corrected chi connectivity index (χ3v) is 5.08. The van der Waals surface area contributed by atoms with Crippen molar-refractivity contribution in [3.05, 3.63) is 11.1 Å². The van der Waals surface area contributed by atoms with Crippen LogP contribution in [0.25, 0.3) is 0 Å². The molecule has 0 amide bonds. The number of nitrogens with zero attached hydrogens (tertiary/aromatic N) is 2. The summed E-state index contributed by atoms with van der Waals surface area (Å²) < 4.78 is 0. The van der Waals surface area contributed by atoms with E-state index in [4.69, 9.17) is 0 Å². The maximum absolute atomic E-state index is 10.4. The highest BCUT2D eigenvalue weighted by Gasteiger charge is 2.28. The summed E-state index contributed by atoms with van der Waals surface area (Å²) >= 11 is 1.73. The van der Waals surface area contributed by atoms with E-state index < -0.39 is 5.60 Å². The van der Waals surface area contributed by atoms with Crippen LogP contribution in [0.1, 0.15) is 31.4 Å². The largest absolute Gasteiger partial charge is 0.387 e. The van der Waals surface area contributed by atoms with Crippen LogP contribution in [0.5, 0.6) is 0 Å². The maximum atomic E-state index is 10.4. The SMILES string of the molecule is OC1(CNCc2csc(N3CCCC3)n2)CCCNC1. The Hall–Kier alpha value is -0.690. The van der Waals surface area contributed by atoms with Crippen LogP contribution in [0, 0.1) is 0 Å². The van der Waals surface area contributed by atoms with Crippen molar-refractivity contribution in [1.29, 1.82) is 0 Å². The van der Waals surface area contributed by atoms with Gasteiger partial charge < -0.3 is 20.6 Å². The predicted octanol–water partition coefficient (Wildman–Crippen LogP) is 0.947. The first kappa shape index (κ1) is 14.3. The first-order chi connectivity index (χ1) is 9.75. The molecule has 2 saturated heterocycles. The van der Waals surface area contributed by atoms with Gasteiger partial charge in [0.15, 0.2) is 5.13 Å². The molecule has 20 heavy (non-hydrogen) atoms. The van der Waals surface area contributed by atoms with Gasteiger partial charge in [-0.3, -0.25) is 0 Å². The van der Waals surface area contributed by atoms with Gasteiger partial charge in [-0.1, -0.05) is 0 Å². The van der Waals surface area contributed by atoms with Gasteiger partial charge in [0.05, 0.1) is 11.3 Å². The van der Waals surface area contributed by atoms with E-state index in [9.17, 15) is 5.11 Å². The van der Waals surface area contributed by atoms with Crippen LogP contribution in [0.4, 0.5) is 5.13 Å². The molecular formula is C14H24N4OS. The minimum Gasteiger partial charge on any atom is -0.387 e. The second kappa shape index (κ2) is 6.39. The van der Waals surface area contributed by atoms with Crippen LogP contribution in [0.2, 0.25) is 0 Å². The average molecular weight is 296 g/mol. The molecule has 3 N–H and O–H groups in total. The van der Waals surface area contributed by atoms with Crippen LogP contribution in [0.15, 0.2) is 5.38 Å². The van der Waals surface area contributed by atoms with E-state index in [1.807, 2.05) is 0 Å². The Balaban J connectivity index is 1.46. The number of aliphatic hydroxyl groups is 1. The second-order valence-electron chi connectivity index (χ2n) is 5.92. The summed E-state index contributed by atoms with van der Waals surface area (Å²) in [7, 11) is 0. The summed E-state index contributed by atoms with van der Waals surface area (Å²) in [6.45, 7) is 5.38. The van der Waals surface area contributed by atoms with Crippen molar-refractivity contribution >= 4 is 16.5 Å². The molecule has 0 radical (unpaired) electrons. The molecule has 2 aliphatic heterocycles. The van der Waals surface area contributed by atoms with E-state index >= 15 is 0 Å². The first-order valence-electron chi connectivity index (χ1n) is 7.58. The molecule has 1 unspecified atom stereocenters. The molecule has 0 aromatic carbocycles. The normalized spacial score (nSPS) is 27.1. The fraction of sp³-hybridized carbons (Fsp3) is 0.786. The molecule has 6 heteroatoms. The quantitative estimate of drug-likeness (QED) is 0.755. The lowest BCUT2D eigenvalue weighted by molar-refractivity contribution is 0.0168. The zero-order chi connectivity index (χ0) is 13.8. The molecule has 0 spiro atoms. The number of aromatic nitrogens is 1. The molecule has 1 aromatic heterocycles. The van der Waals surface area contributed by atoms with Gasteiger partial charge in [0, 0.05) is 38.1 Å². The number of hydrogen-bond acceptors (Lipinski definition) is 6. The highest BCUT2D eigenvalue weighted by atomic mass is 32.1. The lowest BCUT2D eigenvalue weighted by Crippen LogP contribution is -2.51. The minimum absolute atomic E-state index is 0.591. The smallest absolute Gasteiger partial charge is 0.185 e. The molecule has 3 rings (SSSR count). The second-order valence-corrected chi connectivity index (χ2v) is 6.76. The van der Waals surface area contributed by atoms with Crippen molar-refractivity contribution in [2.75, 3.05) is 37.6 Å². The zero-order valence-electron chi connectivity index (χ0n) is 11.9. The van der Waals surface area contributed by atoms with Crippen molar-refractivity contribution in [1.82, 2.24) is 15.6 Å². The number of β-amino-alcohol motifs (C(OH)–C–C–N with tert-alkyl or cyclic N) is 1. The van der Waals surface area contributed by atoms with E-state index in [0.717, 1.165) is 49.8 Å². The molecule has 3 heterocycles. The molecule has 0 aliphatic carbocycles. The van der Waals surface area contributed by atoms with Gasteiger partial charge in [-0.2, -0.15) is 0 Å². The summed E-state index contributed by atoms with van der Waals surface area (Å²) in [5.41, 5.74) is 0.496. The number of nitrogens with one attached hydrogen (secondary N) is 2.